The molecule has 21 heavy (non-hydrogen) atoms. The van der Waals surface area contributed by atoms with Gasteiger partial charge in [0.2, 0.25) is 0 Å². The molecule has 0 fully saturated rings. The first kappa shape index (κ1) is 17.5. The van der Waals surface area contributed by atoms with Gasteiger partial charge in [0, 0.05) is 8.95 Å². The molecule has 0 saturated carbocycles. The van der Waals surface area contributed by atoms with Gasteiger partial charge in [0.15, 0.2) is 0 Å². The fourth-order valence-electron chi connectivity index (χ4n) is 1.92. The summed E-state index contributed by atoms with van der Waals surface area (Å²) in [7, 11) is 0. The van der Waals surface area contributed by atoms with Gasteiger partial charge in [0.05, 0.1) is 15.9 Å². The third-order valence-corrected chi connectivity index (χ3v) is 5.48. The summed E-state index contributed by atoms with van der Waals surface area (Å²) < 4.78 is 8.77. The highest BCUT2D eigenvalue weighted by Crippen LogP contribution is 2.37. The van der Waals surface area contributed by atoms with E-state index in [0.29, 0.717) is 0 Å². The van der Waals surface area contributed by atoms with E-state index in [0.717, 1.165) is 32.2 Å². The Labute approximate surface area is 159 Å². The van der Waals surface area contributed by atoms with Crippen molar-refractivity contribution in [2.75, 3.05) is 6.61 Å². The van der Waals surface area contributed by atoms with E-state index in [2.05, 4.69) is 94.9 Å². The fourth-order valence-corrected chi connectivity index (χ4v) is 4.31. The first-order valence-corrected chi connectivity index (χ1v) is 9.83. The van der Waals surface area contributed by atoms with Gasteiger partial charge in [-0.1, -0.05) is 60.8 Å². The van der Waals surface area contributed by atoms with Crippen molar-refractivity contribution in [3.8, 4) is 5.75 Å². The molecule has 0 saturated heterocycles. The molecule has 112 valence electrons. The molecule has 0 radical (unpaired) electrons. The van der Waals surface area contributed by atoms with Gasteiger partial charge in [-0.3, -0.25) is 0 Å². The summed E-state index contributed by atoms with van der Waals surface area (Å²) in [6.07, 6.45) is 1.00. The highest BCUT2D eigenvalue weighted by molar-refractivity contribution is 9.11. The van der Waals surface area contributed by atoms with Crippen molar-refractivity contribution in [1.29, 1.82) is 0 Å². The largest absolute Gasteiger partial charge is 0.492 e. The minimum absolute atomic E-state index is 0.128. The van der Waals surface area contributed by atoms with Crippen LogP contribution in [0, 0.1) is 0 Å². The number of rotatable bonds is 5. The van der Waals surface area contributed by atoms with E-state index < -0.39 is 0 Å². The van der Waals surface area contributed by atoms with Crippen LogP contribution in [0.5, 0.6) is 5.75 Å². The van der Waals surface area contributed by atoms with Gasteiger partial charge in [-0.2, -0.15) is 0 Å². The lowest BCUT2D eigenvalue weighted by molar-refractivity contribution is 0.315. The molecule has 0 aliphatic heterocycles. The standard InChI is InChI=1S/C16H14Br4O/c1-2-5-21-15-4-3-10(8-14(15)19)16(20)11-6-12(17)9-13(18)7-11/h3-4,6-9,16H,2,5H2,1H3. The lowest BCUT2D eigenvalue weighted by Crippen LogP contribution is -1.98. The van der Waals surface area contributed by atoms with Crippen molar-refractivity contribution in [3.05, 3.63) is 60.9 Å². The van der Waals surface area contributed by atoms with Gasteiger partial charge in [0.25, 0.3) is 0 Å². The van der Waals surface area contributed by atoms with E-state index in [1.807, 2.05) is 12.1 Å². The smallest absolute Gasteiger partial charge is 0.133 e. The summed E-state index contributed by atoms with van der Waals surface area (Å²) in [5.41, 5.74) is 2.36. The number of alkyl halides is 1. The Bertz CT molecular complexity index is 607. The summed E-state index contributed by atoms with van der Waals surface area (Å²) >= 11 is 14.4. The minimum atomic E-state index is 0.128. The molecule has 1 unspecified atom stereocenters. The number of benzene rings is 2. The SMILES string of the molecule is CCCOc1ccc(C(Br)c2cc(Br)cc(Br)c2)cc1Br. The second-order valence-electron chi connectivity index (χ2n) is 4.60. The van der Waals surface area contributed by atoms with Crippen molar-refractivity contribution in [2.24, 2.45) is 0 Å². The van der Waals surface area contributed by atoms with Crippen LogP contribution < -0.4 is 4.74 Å². The van der Waals surface area contributed by atoms with Gasteiger partial charge >= 0.3 is 0 Å². The maximum atomic E-state index is 5.69. The van der Waals surface area contributed by atoms with Crippen molar-refractivity contribution >= 4 is 63.7 Å². The Kier molecular flexibility index (Phi) is 6.79. The van der Waals surface area contributed by atoms with E-state index in [4.69, 9.17) is 4.74 Å². The number of hydrogen-bond acceptors (Lipinski definition) is 1. The van der Waals surface area contributed by atoms with Crippen molar-refractivity contribution in [1.82, 2.24) is 0 Å². The van der Waals surface area contributed by atoms with Gasteiger partial charge in [-0.25, -0.2) is 0 Å². The van der Waals surface area contributed by atoms with Crippen LogP contribution in [0.25, 0.3) is 0 Å². The maximum absolute atomic E-state index is 5.69. The van der Waals surface area contributed by atoms with Gasteiger partial charge in [0.1, 0.15) is 5.75 Å². The number of ether oxygens (including phenoxy) is 1. The summed E-state index contributed by atoms with van der Waals surface area (Å²) in [5.74, 6) is 0.885. The Morgan fingerprint density at radius 1 is 0.952 bits per heavy atom. The van der Waals surface area contributed by atoms with Crippen LogP contribution in [0.2, 0.25) is 0 Å². The van der Waals surface area contributed by atoms with Gasteiger partial charge < -0.3 is 4.74 Å². The summed E-state index contributed by atoms with van der Waals surface area (Å²) in [6.45, 7) is 2.83. The molecular weight excluding hydrogens is 528 g/mol. The van der Waals surface area contributed by atoms with Crippen LogP contribution in [0.15, 0.2) is 49.8 Å². The van der Waals surface area contributed by atoms with Crippen LogP contribution >= 0.6 is 63.7 Å². The molecule has 0 aliphatic carbocycles. The molecule has 0 bridgehead atoms. The zero-order chi connectivity index (χ0) is 15.4. The second kappa shape index (κ2) is 8.14. The molecule has 1 atom stereocenters. The first-order valence-electron chi connectivity index (χ1n) is 6.53. The molecule has 0 amide bonds. The average Bonchev–Trinajstić information content (AvgIpc) is 2.44. The molecule has 2 aromatic carbocycles. The predicted octanol–water partition coefficient (Wildman–Crippen LogP) is 7.25. The monoisotopic (exact) mass is 538 g/mol. The molecule has 0 spiro atoms. The molecule has 1 nitrogen and oxygen atoms in total. The zero-order valence-corrected chi connectivity index (χ0v) is 17.7. The predicted molar refractivity (Wildman–Crippen MR) is 103 cm³/mol. The zero-order valence-electron chi connectivity index (χ0n) is 11.4. The molecule has 0 aromatic heterocycles. The number of halogens is 4. The fraction of sp³-hybridized carbons (Fsp3) is 0.250. The second-order valence-corrected chi connectivity index (χ2v) is 8.21. The highest BCUT2D eigenvalue weighted by Gasteiger charge is 2.13. The molecule has 5 heteroatoms. The van der Waals surface area contributed by atoms with Gasteiger partial charge in [-0.05, 0) is 63.8 Å². The van der Waals surface area contributed by atoms with Crippen LogP contribution in [0.4, 0.5) is 0 Å². The Balaban J connectivity index is 2.26. The van der Waals surface area contributed by atoms with Crippen LogP contribution in [0.3, 0.4) is 0 Å². The molecule has 0 heterocycles. The quantitative estimate of drug-likeness (QED) is 0.362. The third-order valence-electron chi connectivity index (χ3n) is 2.89. The van der Waals surface area contributed by atoms with Crippen LogP contribution in [0.1, 0.15) is 29.3 Å². The normalized spacial score (nSPS) is 12.2. The highest BCUT2D eigenvalue weighted by atomic mass is 79.9. The molecule has 2 rings (SSSR count). The van der Waals surface area contributed by atoms with E-state index in [-0.39, 0.29) is 4.83 Å². The van der Waals surface area contributed by atoms with E-state index in [1.165, 1.54) is 11.1 Å². The van der Waals surface area contributed by atoms with Gasteiger partial charge in [-0.15, -0.1) is 0 Å². The molecular formula is C16H14Br4O. The maximum Gasteiger partial charge on any atom is 0.133 e. The minimum Gasteiger partial charge on any atom is -0.492 e. The molecule has 0 aliphatic rings. The molecule has 0 N–H and O–H groups in total. The summed E-state index contributed by atoms with van der Waals surface area (Å²) in [5, 5.41) is 0. The third kappa shape index (κ3) is 4.81. The van der Waals surface area contributed by atoms with Crippen LogP contribution in [-0.2, 0) is 0 Å². The van der Waals surface area contributed by atoms with Crippen molar-refractivity contribution in [3.63, 3.8) is 0 Å². The van der Waals surface area contributed by atoms with Crippen molar-refractivity contribution < 1.29 is 4.74 Å². The Morgan fingerprint density at radius 2 is 1.62 bits per heavy atom. The first-order chi connectivity index (χ1) is 10.0. The summed E-state index contributed by atoms with van der Waals surface area (Å²) in [4.78, 5) is 0.128. The van der Waals surface area contributed by atoms with E-state index >= 15 is 0 Å². The lowest BCUT2D eigenvalue weighted by Gasteiger charge is -2.14. The summed E-state index contributed by atoms with van der Waals surface area (Å²) in [6, 6.07) is 12.4. The van der Waals surface area contributed by atoms with Crippen LogP contribution in [-0.4, -0.2) is 6.61 Å². The Hall–Kier alpha value is 0.160. The molecule has 2 aromatic rings. The van der Waals surface area contributed by atoms with E-state index in [9.17, 15) is 0 Å². The van der Waals surface area contributed by atoms with E-state index in [1.54, 1.807) is 0 Å². The Morgan fingerprint density at radius 3 is 2.19 bits per heavy atom. The lowest BCUT2D eigenvalue weighted by atomic mass is 10.0. The number of hydrogen-bond donors (Lipinski definition) is 0. The average molecular weight is 542 g/mol. The topological polar surface area (TPSA) is 9.23 Å². The van der Waals surface area contributed by atoms with Crippen molar-refractivity contribution in [2.45, 2.75) is 18.2 Å².